The van der Waals surface area contributed by atoms with Gasteiger partial charge in [0.05, 0.1) is 11.3 Å². The normalized spacial score (nSPS) is 15.5. The Morgan fingerprint density at radius 2 is 1.62 bits per heavy atom. The lowest BCUT2D eigenvalue weighted by Crippen LogP contribution is -2.44. The van der Waals surface area contributed by atoms with Gasteiger partial charge in [-0.15, -0.1) is 0 Å². The quantitative estimate of drug-likeness (QED) is 0.259. The van der Waals surface area contributed by atoms with E-state index in [2.05, 4.69) is 62.5 Å². The third-order valence-corrected chi connectivity index (χ3v) is 8.49. The number of nitrogens with zero attached hydrogens (tertiary/aromatic N) is 5. The molecule has 1 fully saturated rings. The number of benzene rings is 3. The monoisotopic (exact) mass is 615 g/mol. The predicted molar refractivity (Wildman–Crippen MR) is 172 cm³/mol. The van der Waals surface area contributed by atoms with Crippen LogP contribution in [0.1, 0.15) is 38.3 Å². The van der Waals surface area contributed by atoms with Gasteiger partial charge in [0.15, 0.2) is 0 Å². The van der Waals surface area contributed by atoms with E-state index in [1.54, 1.807) is 6.07 Å². The van der Waals surface area contributed by atoms with Crippen LogP contribution in [0.15, 0.2) is 66.9 Å². The lowest BCUT2D eigenvalue weighted by atomic mass is 10.0. The maximum Gasteiger partial charge on any atom is 0.416 e. The molecule has 2 N–H and O–H groups in total. The van der Waals surface area contributed by atoms with Gasteiger partial charge in [-0.2, -0.15) is 13.2 Å². The number of fused-ring (bicyclic) bond motifs is 1. The molecule has 1 saturated heterocycles. The first-order valence-corrected chi connectivity index (χ1v) is 15.0. The molecule has 1 aromatic heterocycles. The van der Waals surface area contributed by atoms with E-state index in [0.717, 1.165) is 66.5 Å². The molecule has 1 amide bonds. The number of likely N-dealkylation sites (N-methyl/N-ethyl adjacent to an activating group) is 1. The second-order valence-corrected chi connectivity index (χ2v) is 11.8. The number of carbonyl (C=O) groups is 1. The molecule has 2 aliphatic rings. The minimum Gasteiger partial charge on any atom is -0.369 e. The first-order valence-electron chi connectivity index (χ1n) is 15.0. The van der Waals surface area contributed by atoms with E-state index >= 15 is 0 Å². The van der Waals surface area contributed by atoms with Gasteiger partial charge in [0.25, 0.3) is 5.91 Å². The van der Waals surface area contributed by atoms with Crippen molar-refractivity contribution in [3.05, 3.63) is 100 Å². The number of hydrogen-bond acceptors (Lipinski definition) is 7. The Bertz CT molecular complexity index is 1720. The first-order chi connectivity index (χ1) is 21.5. The lowest BCUT2D eigenvalue weighted by molar-refractivity contribution is -0.137. The number of hydrogen-bond donors (Lipinski definition) is 2. The van der Waals surface area contributed by atoms with Gasteiger partial charge >= 0.3 is 6.18 Å². The zero-order valence-electron chi connectivity index (χ0n) is 25.6. The van der Waals surface area contributed by atoms with Crippen molar-refractivity contribution >= 4 is 34.6 Å². The smallest absolute Gasteiger partial charge is 0.369 e. The summed E-state index contributed by atoms with van der Waals surface area (Å²) in [5.41, 5.74) is 6.97. The fraction of sp³-hybridized carbons (Fsp3) is 0.324. The van der Waals surface area contributed by atoms with Gasteiger partial charge in [0.2, 0.25) is 5.95 Å². The van der Waals surface area contributed by atoms with Crippen LogP contribution in [-0.4, -0.2) is 60.5 Å². The Labute approximate surface area is 260 Å². The predicted octanol–water partition coefficient (Wildman–Crippen LogP) is 6.42. The fourth-order valence-corrected chi connectivity index (χ4v) is 5.91. The van der Waals surface area contributed by atoms with Crippen LogP contribution in [0.4, 0.5) is 41.9 Å². The molecular formula is C34H36F3N7O. The van der Waals surface area contributed by atoms with Crippen LogP contribution in [0.25, 0.3) is 0 Å². The molecule has 0 saturated carbocycles. The number of nitrogens with one attached hydrogen (secondary N) is 2. The van der Waals surface area contributed by atoms with E-state index in [1.165, 1.54) is 23.4 Å². The molecule has 8 nitrogen and oxygen atoms in total. The average molecular weight is 616 g/mol. The minimum atomic E-state index is -4.52. The average Bonchev–Trinajstić information content (AvgIpc) is 3.02. The van der Waals surface area contributed by atoms with Gasteiger partial charge in [-0.3, -0.25) is 4.79 Å². The zero-order chi connectivity index (χ0) is 31.7. The summed E-state index contributed by atoms with van der Waals surface area (Å²) in [5, 5.41) is 6.12. The van der Waals surface area contributed by atoms with Crippen molar-refractivity contribution in [1.29, 1.82) is 0 Å². The third kappa shape index (κ3) is 6.88. The van der Waals surface area contributed by atoms with Crippen molar-refractivity contribution in [1.82, 2.24) is 14.9 Å². The number of piperazine rings is 1. The van der Waals surface area contributed by atoms with Crippen molar-refractivity contribution < 1.29 is 18.0 Å². The van der Waals surface area contributed by atoms with Crippen molar-refractivity contribution in [2.75, 3.05) is 60.2 Å². The summed E-state index contributed by atoms with van der Waals surface area (Å²) in [6, 6.07) is 16.3. The summed E-state index contributed by atoms with van der Waals surface area (Å²) in [6.45, 7) is 9.60. The highest BCUT2D eigenvalue weighted by Crippen LogP contribution is 2.32. The van der Waals surface area contributed by atoms with Crippen LogP contribution >= 0.6 is 0 Å². The van der Waals surface area contributed by atoms with Crippen molar-refractivity contribution in [2.45, 2.75) is 33.0 Å². The SMILES string of the molecule is Cc1cc(Nc2ncc3c(n2)CCN(c2cc(NC(=O)c4cccc(C(F)(F)F)c4)ccc2C)C3)ccc1N1CCN(C)CC1. The summed E-state index contributed by atoms with van der Waals surface area (Å²) in [4.78, 5) is 29.2. The number of alkyl halides is 3. The third-order valence-electron chi connectivity index (χ3n) is 8.49. The van der Waals surface area contributed by atoms with E-state index in [1.807, 2.05) is 25.3 Å². The van der Waals surface area contributed by atoms with Gasteiger partial charge in [-0.1, -0.05) is 12.1 Å². The van der Waals surface area contributed by atoms with Gasteiger partial charge in [0, 0.05) is 85.8 Å². The van der Waals surface area contributed by atoms with Crippen LogP contribution in [0.3, 0.4) is 0 Å². The molecule has 2 aliphatic heterocycles. The van der Waals surface area contributed by atoms with Crippen molar-refractivity contribution in [3.63, 3.8) is 0 Å². The van der Waals surface area contributed by atoms with Crippen LogP contribution in [0.2, 0.25) is 0 Å². The fourth-order valence-electron chi connectivity index (χ4n) is 5.91. The molecule has 4 aromatic rings. The zero-order valence-corrected chi connectivity index (χ0v) is 25.6. The van der Waals surface area contributed by atoms with Gasteiger partial charge in [0.1, 0.15) is 0 Å². The Morgan fingerprint density at radius 1 is 0.844 bits per heavy atom. The minimum absolute atomic E-state index is 0.0541. The van der Waals surface area contributed by atoms with E-state index < -0.39 is 17.6 Å². The molecule has 0 radical (unpaired) electrons. The number of carbonyl (C=O) groups excluding carboxylic acids is 1. The summed E-state index contributed by atoms with van der Waals surface area (Å²) in [6.07, 6.45) is -1.95. The van der Waals surface area contributed by atoms with E-state index in [0.29, 0.717) is 31.1 Å². The molecule has 0 bridgehead atoms. The molecule has 0 spiro atoms. The maximum absolute atomic E-state index is 13.1. The van der Waals surface area contributed by atoms with Crippen LogP contribution < -0.4 is 20.4 Å². The highest BCUT2D eigenvalue weighted by molar-refractivity contribution is 6.04. The number of aromatic nitrogens is 2. The molecule has 234 valence electrons. The highest BCUT2D eigenvalue weighted by Gasteiger charge is 2.31. The van der Waals surface area contributed by atoms with Crippen LogP contribution in [-0.2, 0) is 19.1 Å². The Kier molecular flexibility index (Phi) is 8.37. The summed E-state index contributed by atoms with van der Waals surface area (Å²) in [5.74, 6) is -0.0399. The lowest BCUT2D eigenvalue weighted by Gasteiger charge is -2.35. The van der Waals surface area contributed by atoms with E-state index in [4.69, 9.17) is 4.98 Å². The topological polar surface area (TPSA) is 76.6 Å². The second-order valence-electron chi connectivity index (χ2n) is 11.8. The number of amides is 1. The summed E-state index contributed by atoms with van der Waals surface area (Å²) in [7, 11) is 2.16. The molecule has 6 rings (SSSR count). The number of halogens is 3. The summed E-state index contributed by atoms with van der Waals surface area (Å²) >= 11 is 0. The molecule has 45 heavy (non-hydrogen) atoms. The van der Waals surface area contributed by atoms with Gasteiger partial charge < -0.3 is 25.3 Å². The standard InChI is InChI=1S/C34H36F3N7O/c1-22-7-8-28(39-32(45)24-5-4-6-26(18-24)34(35,36)37)19-31(22)44-12-11-29-25(21-44)20-38-33(41-29)40-27-9-10-30(23(2)17-27)43-15-13-42(3)14-16-43/h4-10,17-20H,11-16,21H2,1-3H3,(H,39,45)(H,38,40,41). The highest BCUT2D eigenvalue weighted by atomic mass is 19.4. The van der Waals surface area contributed by atoms with Crippen LogP contribution in [0.5, 0.6) is 0 Å². The van der Waals surface area contributed by atoms with Gasteiger partial charge in [-0.25, -0.2) is 9.97 Å². The Morgan fingerprint density at radius 3 is 2.38 bits per heavy atom. The molecule has 0 aliphatic carbocycles. The molecule has 0 atom stereocenters. The molecule has 3 heterocycles. The molecular weight excluding hydrogens is 579 g/mol. The number of anilines is 5. The Hall–Kier alpha value is -4.64. The van der Waals surface area contributed by atoms with Crippen molar-refractivity contribution in [2.24, 2.45) is 0 Å². The molecule has 11 heteroatoms. The van der Waals surface area contributed by atoms with Crippen LogP contribution in [0, 0.1) is 13.8 Å². The number of rotatable bonds is 6. The molecule has 3 aromatic carbocycles. The maximum atomic E-state index is 13.1. The Balaban J connectivity index is 1.12. The second kappa shape index (κ2) is 12.4. The summed E-state index contributed by atoms with van der Waals surface area (Å²) < 4.78 is 39.4. The first kappa shape index (κ1) is 30.4. The van der Waals surface area contributed by atoms with Crippen molar-refractivity contribution in [3.8, 4) is 0 Å². The van der Waals surface area contributed by atoms with Gasteiger partial charge in [-0.05, 0) is 80.6 Å². The van der Waals surface area contributed by atoms with E-state index in [-0.39, 0.29) is 5.56 Å². The largest absolute Gasteiger partial charge is 0.416 e. The molecule has 0 unspecified atom stereocenters. The number of aryl methyl sites for hydroxylation is 2. The van der Waals surface area contributed by atoms with E-state index in [9.17, 15) is 18.0 Å².